The molecule has 1 aliphatic rings. The van der Waals surface area contributed by atoms with Crippen LogP contribution in [0.4, 0.5) is 0 Å². The van der Waals surface area contributed by atoms with Gasteiger partial charge in [0.25, 0.3) is 0 Å². The van der Waals surface area contributed by atoms with Crippen molar-refractivity contribution in [2.24, 2.45) is 5.73 Å². The van der Waals surface area contributed by atoms with Crippen molar-refractivity contribution in [1.29, 1.82) is 0 Å². The van der Waals surface area contributed by atoms with E-state index < -0.39 is 0 Å². The van der Waals surface area contributed by atoms with E-state index in [9.17, 15) is 0 Å². The zero-order chi connectivity index (χ0) is 9.97. The normalized spacial score (nSPS) is 25.4. The Morgan fingerprint density at radius 3 is 3.21 bits per heavy atom. The molecule has 2 heterocycles. The van der Waals surface area contributed by atoms with Gasteiger partial charge < -0.3 is 10.6 Å². The minimum atomic E-state index is 0.387. The molecule has 0 radical (unpaired) electrons. The maximum absolute atomic E-state index is 5.86. The molecule has 0 aromatic carbocycles. The van der Waals surface area contributed by atoms with Gasteiger partial charge in [0.05, 0.1) is 5.01 Å². The first-order valence-electron chi connectivity index (χ1n) is 5.13. The van der Waals surface area contributed by atoms with Gasteiger partial charge in [0.15, 0.2) is 0 Å². The third kappa shape index (κ3) is 2.32. The molecule has 2 rings (SSSR count). The molecule has 1 fully saturated rings. The number of aromatic nitrogens is 1. The molecule has 1 aliphatic heterocycles. The van der Waals surface area contributed by atoms with Gasteiger partial charge >= 0.3 is 0 Å². The Morgan fingerprint density at radius 2 is 2.64 bits per heavy atom. The van der Waals surface area contributed by atoms with E-state index in [0.717, 1.165) is 26.1 Å². The molecule has 2 N–H and O–H groups in total. The summed E-state index contributed by atoms with van der Waals surface area (Å²) >= 11 is 1.75. The summed E-state index contributed by atoms with van der Waals surface area (Å²) in [7, 11) is 0. The van der Waals surface area contributed by atoms with E-state index in [1.54, 1.807) is 11.3 Å². The van der Waals surface area contributed by atoms with Gasteiger partial charge in [0, 0.05) is 36.6 Å². The Morgan fingerprint density at radius 1 is 1.79 bits per heavy atom. The number of hydrogen-bond acceptors (Lipinski definition) is 4. The first kappa shape index (κ1) is 10.1. The van der Waals surface area contributed by atoms with Crippen molar-refractivity contribution < 1.29 is 0 Å². The van der Waals surface area contributed by atoms with Gasteiger partial charge in [-0.3, -0.25) is 0 Å². The van der Waals surface area contributed by atoms with Crippen molar-refractivity contribution >= 4 is 11.3 Å². The average molecular weight is 211 g/mol. The summed E-state index contributed by atoms with van der Waals surface area (Å²) in [6.45, 7) is 5.54. The quantitative estimate of drug-likeness (QED) is 0.819. The Bertz CT molecular complexity index is 273. The summed E-state index contributed by atoms with van der Waals surface area (Å²) in [6.07, 6.45) is 3.02. The van der Waals surface area contributed by atoms with Crippen LogP contribution in [0.25, 0.3) is 0 Å². The lowest BCUT2D eigenvalue weighted by molar-refractivity contribution is 0.316. The topological polar surface area (TPSA) is 42.1 Å². The average Bonchev–Trinajstić information content (AvgIpc) is 2.75. The number of thiazole rings is 1. The third-order valence-corrected chi connectivity index (χ3v) is 3.72. The molecule has 0 aliphatic carbocycles. The van der Waals surface area contributed by atoms with Crippen LogP contribution in [-0.2, 0) is 0 Å². The van der Waals surface area contributed by atoms with Gasteiger partial charge in [-0.1, -0.05) is 6.92 Å². The number of rotatable bonds is 3. The monoisotopic (exact) mass is 211 g/mol. The first-order valence-corrected chi connectivity index (χ1v) is 6.01. The van der Waals surface area contributed by atoms with Gasteiger partial charge in [0.1, 0.15) is 0 Å². The Balaban J connectivity index is 1.86. The molecule has 78 valence electrons. The standard InChI is InChI=1S/C10H17N3S/c1-8(10-12-3-5-14-10)6-13-4-2-9(11)7-13/h3,5,8-9H,2,4,6-7,11H2,1H3. The van der Waals surface area contributed by atoms with Crippen molar-refractivity contribution in [1.82, 2.24) is 9.88 Å². The predicted molar refractivity (Wildman–Crippen MR) is 59.6 cm³/mol. The molecular formula is C10H17N3S. The number of likely N-dealkylation sites (tertiary alicyclic amines) is 1. The molecule has 14 heavy (non-hydrogen) atoms. The highest BCUT2D eigenvalue weighted by Crippen LogP contribution is 2.20. The van der Waals surface area contributed by atoms with Crippen molar-refractivity contribution in [3.63, 3.8) is 0 Å². The molecule has 2 unspecified atom stereocenters. The Labute approximate surface area is 88.9 Å². The van der Waals surface area contributed by atoms with Gasteiger partial charge in [-0.15, -0.1) is 11.3 Å². The molecule has 1 aromatic heterocycles. The van der Waals surface area contributed by atoms with Gasteiger partial charge in [0.2, 0.25) is 0 Å². The second kappa shape index (κ2) is 4.38. The van der Waals surface area contributed by atoms with Crippen LogP contribution in [0.3, 0.4) is 0 Å². The molecule has 1 aromatic rings. The zero-order valence-electron chi connectivity index (χ0n) is 8.52. The molecule has 4 heteroatoms. The largest absolute Gasteiger partial charge is 0.326 e. The molecule has 0 amide bonds. The van der Waals surface area contributed by atoms with Crippen LogP contribution < -0.4 is 5.73 Å². The molecule has 3 nitrogen and oxygen atoms in total. The fourth-order valence-electron chi connectivity index (χ4n) is 1.97. The minimum Gasteiger partial charge on any atom is -0.326 e. The van der Waals surface area contributed by atoms with Crippen molar-refractivity contribution in [2.75, 3.05) is 19.6 Å². The van der Waals surface area contributed by atoms with Gasteiger partial charge in [-0.2, -0.15) is 0 Å². The molecule has 0 saturated carbocycles. The van der Waals surface area contributed by atoms with Crippen LogP contribution in [0.5, 0.6) is 0 Å². The second-order valence-corrected chi connectivity index (χ2v) is 5.01. The van der Waals surface area contributed by atoms with E-state index in [1.807, 2.05) is 11.6 Å². The van der Waals surface area contributed by atoms with Crippen LogP contribution in [0.15, 0.2) is 11.6 Å². The summed E-state index contributed by atoms with van der Waals surface area (Å²) in [5.41, 5.74) is 5.86. The molecule has 1 saturated heterocycles. The van der Waals surface area contributed by atoms with Crippen LogP contribution in [-0.4, -0.2) is 35.6 Å². The van der Waals surface area contributed by atoms with E-state index in [-0.39, 0.29) is 0 Å². The Kier molecular flexibility index (Phi) is 3.15. The number of nitrogens with zero attached hydrogens (tertiary/aromatic N) is 2. The van der Waals surface area contributed by atoms with Crippen LogP contribution in [0, 0.1) is 0 Å². The number of hydrogen-bond donors (Lipinski definition) is 1. The summed E-state index contributed by atoms with van der Waals surface area (Å²) in [4.78, 5) is 6.78. The molecule has 2 atom stereocenters. The second-order valence-electron chi connectivity index (χ2n) is 4.08. The van der Waals surface area contributed by atoms with Crippen molar-refractivity contribution in [3.05, 3.63) is 16.6 Å². The highest BCUT2D eigenvalue weighted by atomic mass is 32.1. The highest BCUT2D eigenvalue weighted by Gasteiger charge is 2.21. The lowest BCUT2D eigenvalue weighted by atomic mass is 10.2. The smallest absolute Gasteiger partial charge is 0.0965 e. The summed E-state index contributed by atoms with van der Waals surface area (Å²) in [5, 5.41) is 3.28. The zero-order valence-corrected chi connectivity index (χ0v) is 9.33. The van der Waals surface area contributed by atoms with E-state index in [4.69, 9.17) is 5.73 Å². The van der Waals surface area contributed by atoms with Crippen molar-refractivity contribution in [3.8, 4) is 0 Å². The van der Waals surface area contributed by atoms with E-state index >= 15 is 0 Å². The SMILES string of the molecule is CC(CN1CCC(N)C1)c1nccs1. The summed E-state index contributed by atoms with van der Waals surface area (Å²) in [6, 6.07) is 0.387. The molecular weight excluding hydrogens is 194 g/mol. The van der Waals surface area contributed by atoms with Crippen molar-refractivity contribution in [2.45, 2.75) is 25.3 Å². The minimum absolute atomic E-state index is 0.387. The maximum Gasteiger partial charge on any atom is 0.0965 e. The van der Waals surface area contributed by atoms with E-state index in [1.165, 1.54) is 5.01 Å². The highest BCUT2D eigenvalue weighted by molar-refractivity contribution is 7.09. The van der Waals surface area contributed by atoms with Crippen LogP contribution in [0.1, 0.15) is 24.3 Å². The lowest BCUT2D eigenvalue weighted by Gasteiger charge is -2.18. The fourth-order valence-corrected chi connectivity index (χ4v) is 2.66. The lowest BCUT2D eigenvalue weighted by Crippen LogP contribution is -2.29. The maximum atomic E-state index is 5.86. The van der Waals surface area contributed by atoms with E-state index in [0.29, 0.717) is 12.0 Å². The first-order chi connectivity index (χ1) is 6.75. The van der Waals surface area contributed by atoms with E-state index in [2.05, 4.69) is 16.8 Å². The number of nitrogens with two attached hydrogens (primary N) is 1. The van der Waals surface area contributed by atoms with Crippen LogP contribution in [0.2, 0.25) is 0 Å². The van der Waals surface area contributed by atoms with Gasteiger partial charge in [-0.25, -0.2) is 4.98 Å². The fraction of sp³-hybridized carbons (Fsp3) is 0.700. The third-order valence-electron chi connectivity index (χ3n) is 2.71. The molecule has 0 spiro atoms. The van der Waals surface area contributed by atoms with Gasteiger partial charge in [-0.05, 0) is 13.0 Å². The summed E-state index contributed by atoms with van der Waals surface area (Å²) in [5.74, 6) is 0.542. The summed E-state index contributed by atoms with van der Waals surface area (Å²) < 4.78 is 0. The van der Waals surface area contributed by atoms with Crippen LogP contribution >= 0.6 is 11.3 Å². The molecule has 0 bridgehead atoms. The Hall–Kier alpha value is -0.450. The predicted octanol–water partition coefficient (Wildman–Crippen LogP) is 1.28.